The molecule has 0 aliphatic rings. The monoisotopic (exact) mass is 1300 g/mol. The molecular formula is C61H79N13O19. The van der Waals surface area contributed by atoms with Crippen LogP contribution in [-0.2, 0) is 81.6 Å². The molecule has 21 N–H and O–H groups in total. The number of fused-ring (bicyclic) bond motifs is 2. The summed E-state index contributed by atoms with van der Waals surface area (Å²) in [6.07, 6.45) is -0.832. The third-order valence-electron chi connectivity index (χ3n) is 14.7. The molecule has 0 bridgehead atoms. The van der Waals surface area contributed by atoms with Crippen LogP contribution >= 0.6 is 0 Å². The van der Waals surface area contributed by atoms with Crippen molar-refractivity contribution in [3.63, 3.8) is 0 Å². The smallest absolute Gasteiger partial charge is 0.326 e. The molecule has 0 radical (unpaired) electrons. The number of aromatic hydroxyl groups is 1. The van der Waals surface area contributed by atoms with Crippen LogP contribution in [0.15, 0.2) is 85.2 Å². The number of rotatable bonds is 37. The summed E-state index contributed by atoms with van der Waals surface area (Å²) >= 11 is 0. The Morgan fingerprint density at radius 3 is 1.33 bits per heavy atom. The van der Waals surface area contributed by atoms with Crippen LogP contribution in [0.1, 0.15) is 76.5 Å². The van der Waals surface area contributed by atoms with Gasteiger partial charge in [0.15, 0.2) is 0 Å². The van der Waals surface area contributed by atoms with Gasteiger partial charge in [0.25, 0.3) is 0 Å². The number of aliphatic carboxylic acids is 3. The van der Waals surface area contributed by atoms with Crippen molar-refractivity contribution in [2.75, 3.05) is 13.2 Å². The summed E-state index contributed by atoms with van der Waals surface area (Å²) in [6, 6.07) is 2.42. The second-order valence-electron chi connectivity index (χ2n) is 22.9. The Kier molecular flexibility index (Phi) is 27.3. The number of aromatic amines is 2. The highest BCUT2D eigenvalue weighted by molar-refractivity contribution is 6.00. The van der Waals surface area contributed by atoms with Crippen molar-refractivity contribution in [3.05, 3.63) is 102 Å². The molecule has 0 saturated carbocycles. The van der Waals surface area contributed by atoms with Crippen LogP contribution < -0.4 is 59.3 Å². The van der Waals surface area contributed by atoms with Crippen molar-refractivity contribution in [2.24, 2.45) is 23.3 Å². The number of carbonyl (C=O) groups excluding carboxylic acids is 10. The first-order chi connectivity index (χ1) is 44.0. The van der Waals surface area contributed by atoms with Gasteiger partial charge in [-0.05, 0) is 65.6 Å². The molecule has 10 amide bonds. The Labute approximate surface area is 531 Å². The Morgan fingerprint density at radius 2 is 0.871 bits per heavy atom. The van der Waals surface area contributed by atoms with Crippen molar-refractivity contribution in [3.8, 4) is 5.75 Å². The second kappa shape index (κ2) is 34.6. The van der Waals surface area contributed by atoms with Crippen molar-refractivity contribution in [1.82, 2.24) is 57.8 Å². The summed E-state index contributed by atoms with van der Waals surface area (Å²) < 4.78 is 0. The van der Waals surface area contributed by atoms with Crippen LogP contribution in [-0.4, -0.2) is 191 Å². The quantitative estimate of drug-likeness (QED) is 0.0189. The zero-order valence-corrected chi connectivity index (χ0v) is 51.2. The fourth-order valence-electron chi connectivity index (χ4n) is 9.81. The lowest BCUT2D eigenvalue weighted by molar-refractivity contribution is -0.144. The van der Waals surface area contributed by atoms with Gasteiger partial charge >= 0.3 is 17.9 Å². The number of phenolic OH excluding ortho intramolecular Hbond substituents is 1. The van der Waals surface area contributed by atoms with E-state index < -0.39 is 189 Å². The fraction of sp³-hybridized carbons (Fsp3) is 0.426. The number of aromatic nitrogens is 2. The van der Waals surface area contributed by atoms with Crippen molar-refractivity contribution < 1.29 is 93.0 Å². The van der Waals surface area contributed by atoms with E-state index in [-0.39, 0.29) is 30.9 Å². The molecule has 0 fully saturated rings. The minimum Gasteiger partial charge on any atom is -0.508 e. The first-order valence-electron chi connectivity index (χ1n) is 29.5. The maximum Gasteiger partial charge on any atom is 0.326 e. The summed E-state index contributed by atoms with van der Waals surface area (Å²) in [4.78, 5) is 179. The Morgan fingerprint density at radius 1 is 0.462 bits per heavy atom. The van der Waals surface area contributed by atoms with E-state index in [2.05, 4.69) is 52.5 Å². The number of carbonyl (C=O) groups is 13. The number of nitrogens with two attached hydrogens (primary N) is 2. The number of nitrogens with one attached hydrogen (secondary N) is 11. The first kappa shape index (κ1) is 73.3. The van der Waals surface area contributed by atoms with E-state index in [0.29, 0.717) is 38.5 Å². The summed E-state index contributed by atoms with van der Waals surface area (Å²) in [7, 11) is 0. The molecule has 32 nitrogen and oxygen atoms in total. The van der Waals surface area contributed by atoms with E-state index in [1.807, 2.05) is 5.32 Å². The predicted molar refractivity (Wildman–Crippen MR) is 330 cm³/mol. The predicted octanol–water partition coefficient (Wildman–Crippen LogP) is -2.94. The van der Waals surface area contributed by atoms with E-state index in [4.69, 9.17) is 11.5 Å². The van der Waals surface area contributed by atoms with Gasteiger partial charge in [0.05, 0.1) is 32.1 Å². The molecule has 3 aromatic carbocycles. The lowest BCUT2D eigenvalue weighted by atomic mass is 9.99. The van der Waals surface area contributed by atoms with E-state index in [1.54, 1.807) is 74.8 Å². The molecule has 0 aliphatic carbocycles. The van der Waals surface area contributed by atoms with Crippen molar-refractivity contribution >= 4 is 98.8 Å². The van der Waals surface area contributed by atoms with Gasteiger partial charge in [0, 0.05) is 59.9 Å². The number of carboxylic acid groups (broad SMARTS) is 3. The topological polar surface area (TPSA) is 535 Å². The lowest BCUT2D eigenvalue weighted by Gasteiger charge is -2.29. The molecule has 32 heteroatoms. The zero-order valence-electron chi connectivity index (χ0n) is 51.2. The second-order valence-corrected chi connectivity index (χ2v) is 22.9. The number of para-hydroxylation sites is 2. The molecule has 5 rings (SSSR count). The molecule has 0 saturated heterocycles. The lowest BCUT2D eigenvalue weighted by Crippen LogP contribution is -2.62. The molecule has 0 unspecified atom stereocenters. The SMILES string of the molecule is CC(C)C[C@H](NC(=O)[C@H](Cc1c[nH]c2ccccc12)NC(=O)[C@@H](NC(=O)[C@H](CO)NC(=O)[C@H](Cc1ccc(O)cc1)NC(=O)[C@H](CCC(=O)O)NC(=O)[C@H](Cc1c[nH]c2ccccc12)NC(=O)[C@@H](N)CC(=O)O)C(C)C)C(=O)N[C@@H](CO)C(=O)N[C@@H](CC(N)=O)C(=O)O. The summed E-state index contributed by atoms with van der Waals surface area (Å²) in [5.74, 6) is -16.6. The summed E-state index contributed by atoms with van der Waals surface area (Å²) in [6.45, 7) is 4.25. The van der Waals surface area contributed by atoms with Crippen molar-refractivity contribution in [2.45, 2.75) is 139 Å². The molecule has 0 aliphatic heterocycles. The fourth-order valence-corrected chi connectivity index (χ4v) is 9.81. The molecule has 502 valence electrons. The number of phenols is 1. The van der Waals surface area contributed by atoms with E-state index >= 15 is 0 Å². The third kappa shape index (κ3) is 22.2. The normalized spacial score (nSPS) is 14.5. The number of H-pyrrole nitrogens is 2. The number of hydrogen-bond donors (Lipinski definition) is 19. The number of aliphatic hydroxyl groups excluding tert-OH is 2. The minimum absolute atomic E-state index is 0.0893. The van der Waals surface area contributed by atoms with Crippen molar-refractivity contribution in [1.29, 1.82) is 0 Å². The van der Waals surface area contributed by atoms with Gasteiger partial charge in [-0.15, -0.1) is 0 Å². The minimum atomic E-state index is -1.89. The molecule has 2 aromatic heterocycles. The molecule has 0 spiro atoms. The Bertz CT molecular complexity index is 3520. The Balaban J connectivity index is 1.39. The van der Waals surface area contributed by atoms with Gasteiger partial charge in [-0.2, -0.15) is 0 Å². The van der Waals surface area contributed by atoms with Crippen LogP contribution in [0.2, 0.25) is 0 Å². The van der Waals surface area contributed by atoms with Crippen LogP contribution in [0.4, 0.5) is 0 Å². The Hall–Kier alpha value is -10.5. The maximum absolute atomic E-state index is 14.6. The van der Waals surface area contributed by atoms with Crippen LogP contribution in [0.25, 0.3) is 21.8 Å². The highest BCUT2D eigenvalue weighted by Gasteiger charge is 2.37. The molecular weight excluding hydrogens is 1220 g/mol. The standard InChI is InChI=1S/C61H79N13O19/c1-29(2)19-41(54(85)72-46(27-75)58(89)71-45(61(92)93)24-48(63)78)68-57(88)44(22-33-26-65-39-12-8-6-10-36(33)39)70-60(91)51(30(3)4)74-59(90)47(28-76)73-55(86)42(20-31-13-15-34(77)16-14-31)69-53(84)40(17-18-49(79)80)66-56(87)43(67-52(83)37(62)23-50(81)82)21-32-25-64-38-11-7-5-9-35(32)38/h5-16,25-26,29-30,37,40-47,51,64-65,75-77H,17-24,27-28,62H2,1-4H3,(H2,63,78)(H,66,87)(H,67,83)(H,68,88)(H,69,84)(H,70,91)(H,71,89)(H,72,85)(H,73,86)(H,74,90)(H,79,80)(H,81,82)(H,92,93)/t37-,40-,41-,42-,43-,44-,45-,46-,47-,51-/m0/s1. The summed E-state index contributed by atoms with van der Waals surface area (Å²) in [5.41, 5.74) is 13.5. The third-order valence-corrected chi connectivity index (χ3v) is 14.7. The molecule has 93 heavy (non-hydrogen) atoms. The largest absolute Gasteiger partial charge is 0.508 e. The van der Waals surface area contributed by atoms with Gasteiger partial charge in [0.1, 0.15) is 60.1 Å². The van der Waals surface area contributed by atoms with Crippen LogP contribution in [0.3, 0.4) is 0 Å². The summed E-state index contributed by atoms with van der Waals surface area (Å²) in [5, 5.41) is 82.3. The van der Waals surface area contributed by atoms with Crippen LogP contribution in [0.5, 0.6) is 5.75 Å². The van der Waals surface area contributed by atoms with E-state index in [9.17, 15) is 93.0 Å². The maximum atomic E-state index is 14.6. The van der Waals surface area contributed by atoms with Crippen LogP contribution in [0, 0.1) is 11.8 Å². The first-order valence-corrected chi connectivity index (χ1v) is 29.5. The van der Waals surface area contributed by atoms with Gasteiger partial charge in [-0.3, -0.25) is 57.5 Å². The molecule has 5 aromatic rings. The number of primary amides is 1. The highest BCUT2D eigenvalue weighted by atomic mass is 16.4. The van der Waals surface area contributed by atoms with Gasteiger partial charge in [-0.1, -0.05) is 76.2 Å². The zero-order chi connectivity index (χ0) is 68.8. The number of aliphatic hydroxyl groups is 2. The van der Waals surface area contributed by atoms with Gasteiger partial charge in [-0.25, -0.2) is 4.79 Å². The number of benzene rings is 3. The number of amides is 10. The van der Waals surface area contributed by atoms with Gasteiger partial charge < -0.3 is 99.9 Å². The molecule has 10 atom stereocenters. The highest BCUT2D eigenvalue weighted by Crippen LogP contribution is 2.22. The average molecular weight is 1300 g/mol. The number of hydrogen-bond acceptors (Lipinski definition) is 17. The molecule has 2 heterocycles. The van der Waals surface area contributed by atoms with E-state index in [1.165, 1.54) is 38.1 Å². The average Bonchev–Trinajstić information content (AvgIpc) is 1.81. The number of carboxylic acids is 3. The van der Waals surface area contributed by atoms with E-state index in [0.717, 1.165) is 0 Å². The van der Waals surface area contributed by atoms with Gasteiger partial charge in [0.2, 0.25) is 59.1 Å².